The van der Waals surface area contributed by atoms with Gasteiger partial charge in [0.1, 0.15) is 0 Å². The monoisotopic (exact) mass is 290 g/mol. The Morgan fingerprint density at radius 1 is 1.38 bits per heavy atom. The zero-order valence-electron chi connectivity index (χ0n) is 11.6. The number of ether oxygens (including phenoxy) is 1. The lowest BCUT2D eigenvalue weighted by Gasteiger charge is -2.35. The number of rotatable bonds is 3. The first-order chi connectivity index (χ1) is 10.3. The fourth-order valence-electron chi connectivity index (χ4n) is 2.59. The third-order valence-corrected chi connectivity index (χ3v) is 3.77. The van der Waals surface area contributed by atoms with E-state index in [1.165, 1.54) is 0 Å². The van der Waals surface area contributed by atoms with Crippen LogP contribution in [-0.4, -0.2) is 60.1 Å². The van der Waals surface area contributed by atoms with Crippen LogP contribution in [0.5, 0.6) is 0 Å². The van der Waals surface area contributed by atoms with Crippen LogP contribution < -0.4 is 0 Å². The molecule has 6 nitrogen and oxygen atoms in total. The van der Waals surface area contributed by atoms with Crippen molar-refractivity contribution in [3.8, 4) is 0 Å². The van der Waals surface area contributed by atoms with E-state index < -0.39 is 6.10 Å². The molecule has 1 fully saturated rings. The summed E-state index contributed by atoms with van der Waals surface area (Å²) in [6.07, 6.45) is -0.148. The lowest BCUT2D eigenvalue weighted by molar-refractivity contribution is -0.152. The molecule has 1 aromatic carbocycles. The van der Waals surface area contributed by atoms with Crippen molar-refractivity contribution in [2.24, 2.45) is 5.16 Å². The normalized spacial score (nSPS) is 25.4. The predicted octanol–water partition coefficient (Wildman–Crippen LogP) is 0.399. The summed E-state index contributed by atoms with van der Waals surface area (Å²) in [5, 5.41) is 13.4. The van der Waals surface area contributed by atoms with Gasteiger partial charge in [0.15, 0.2) is 0 Å². The smallest absolute Gasteiger partial charge is 0.267 e. The topological polar surface area (TPSA) is 71.4 Å². The third kappa shape index (κ3) is 2.91. The molecule has 0 aliphatic carbocycles. The van der Waals surface area contributed by atoms with Gasteiger partial charge < -0.3 is 19.6 Å². The van der Waals surface area contributed by atoms with Gasteiger partial charge >= 0.3 is 0 Å². The maximum atomic E-state index is 12.5. The van der Waals surface area contributed by atoms with Crippen molar-refractivity contribution in [1.29, 1.82) is 0 Å². The standard InChI is InChI=1S/C15H18N2O4/c18-9-12-10-20-7-6-17(12)15(19)14-8-13(16-21-14)11-4-2-1-3-5-11/h1-5,12,14,18H,6-10H2. The Balaban J connectivity index is 1.65. The highest BCUT2D eigenvalue weighted by molar-refractivity contribution is 6.04. The van der Waals surface area contributed by atoms with Crippen LogP contribution in [0, 0.1) is 0 Å². The lowest BCUT2D eigenvalue weighted by atomic mass is 10.0. The van der Waals surface area contributed by atoms with Crippen molar-refractivity contribution in [2.75, 3.05) is 26.4 Å². The van der Waals surface area contributed by atoms with Gasteiger partial charge in [0.25, 0.3) is 5.91 Å². The number of amides is 1. The molecule has 2 aliphatic heterocycles. The highest BCUT2D eigenvalue weighted by Gasteiger charge is 2.36. The molecule has 1 amide bonds. The molecule has 0 radical (unpaired) electrons. The van der Waals surface area contributed by atoms with Crippen LogP contribution in [0.15, 0.2) is 35.5 Å². The molecule has 0 bridgehead atoms. The summed E-state index contributed by atoms with van der Waals surface area (Å²) >= 11 is 0. The number of hydrogen-bond donors (Lipinski definition) is 1. The SMILES string of the molecule is O=C(C1CC(c2ccccc2)=NO1)N1CCOCC1CO. The van der Waals surface area contributed by atoms with E-state index in [2.05, 4.69) is 5.16 Å². The molecule has 1 aromatic rings. The molecule has 2 unspecified atom stereocenters. The number of aliphatic hydroxyl groups excluding tert-OH is 1. The number of nitrogens with zero attached hydrogens (tertiary/aromatic N) is 2. The summed E-state index contributed by atoms with van der Waals surface area (Å²) in [6.45, 7) is 1.22. The lowest BCUT2D eigenvalue weighted by Crippen LogP contribution is -2.53. The van der Waals surface area contributed by atoms with Gasteiger partial charge in [-0.05, 0) is 5.56 Å². The van der Waals surface area contributed by atoms with Gasteiger partial charge in [-0.1, -0.05) is 35.5 Å². The van der Waals surface area contributed by atoms with Crippen molar-refractivity contribution >= 4 is 11.6 Å². The number of carbonyl (C=O) groups excluding carboxylic acids is 1. The number of aliphatic hydroxyl groups is 1. The first-order valence-corrected chi connectivity index (χ1v) is 7.07. The Morgan fingerprint density at radius 3 is 2.95 bits per heavy atom. The molecule has 1 saturated heterocycles. The van der Waals surface area contributed by atoms with Crippen molar-refractivity contribution in [3.63, 3.8) is 0 Å². The van der Waals surface area contributed by atoms with Crippen LogP contribution in [0.3, 0.4) is 0 Å². The maximum Gasteiger partial charge on any atom is 0.267 e. The van der Waals surface area contributed by atoms with Crippen molar-refractivity contribution in [1.82, 2.24) is 4.90 Å². The number of hydrogen-bond acceptors (Lipinski definition) is 5. The largest absolute Gasteiger partial charge is 0.394 e. The Hall–Kier alpha value is -1.92. The third-order valence-electron chi connectivity index (χ3n) is 3.77. The van der Waals surface area contributed by atoms with Crippen LogP contribution in [0.1, 0.15) is 12.0 Å². The molecule has 0 spiro atoms. The molecular formula is C15H18N2O4. The van der Waals surface area contributed by atoms with E-state index in [9.17, 15) is 9.90 Å². The fourth-order valence-corrected chi connectivity index (χ4v) is 2.59. The predicted molar refractivity (Wildman–Crippen MR) is 75.9 cm³/mol. The average Bonchev–Trinajstić information content (AvgIpc) is 3.05. The summed E-state index contributed by atoms with van der Waals surface area (Å²) in [6, 6.07) is 9.38. The van der Waals surface area contributed by atoms with E-state index in [1.807, 2.05) is 30.3 Å². The van der Waals surface area contributed by atoms with Gasteiger partial charge in [-0.2, -0.15) is 0 Å². The van der Waals surface area contributed by atoms with E-state index in [1.54, 1.807) is 4.90 Å². The van der Waals surface area contributed by atoms with Crippen LogP contribution in [0.2, 0.25) is 0 Å². The summed E-state index contributed by atoms with van der Waals surface area (Å²) in [7, 11) is 0. The van der Waals surface area contributed by atoms with Crippen LogP contribution in [0.4, 0.5) is 0 Å². The summed E-state index contributed by atoms with van der Waals surface area (Å²) < 4.78 is 5.28. The first-order valence-electron chi connectivity index (χ1n) is 7.07. The Morgan fingerprint density at radius 2 is 2.19 bits per heavy atom. The van der Waals surface area contributed by atoms with Gasteiger partial charge in [-0.15, -0.1) is 0 Å². The molecule has 1 N–H and O–H groups in total. The zero-order chi connectivity index (χ0) is 14.7. The van der Waals surface area contributed by atoms with E-state index >= 15 is 0 Å². The van der Waals surface area contributed by atoms with E-state index in [0.717, 1.165) is 11.3 Å². The van der Waals surface area contributed by atoms with Gasteiger partial charge in [-0.3, -0.25) is 4.79 Å². The number of carbonyl (C=O) groups is 1. The minimum absolute atomic E-state index is 0.106. The van der Waals surface area contributed by atoms with Crippen LogP contribution >= 0.6 is 0 Å². The molecule has 2 aliphatic rings. The molecule has 21 heavy (non-hydrogen) atoms. The highest BCUT2D eigenvalue weighted by atomic mass is 16.6. The Bertz CT molecular complexity index is 532. The molecule has 2 atom stereocenters. The molecule has 0 aromatic heterocycles. The number of morpholine rings is 1. The Kier molecular flexibility index (Phi) is 4.17. The summed E-state index contributed by atoms with van der Waals surface area (Å²) in [5.74, 6) is -0.132. The van der Waals surface area contributed by atoms with Crippen LogP contribution in [0.25, 0.3) is 0 Å². The van der Waals surface area contributed by atoms with E-state index in [4.69, 9.17) is 9.57 Å². The molecule has 3 rings (SSSR count). The second kappa shape index (κ2) is 6.24. The quantitative estimate of drug-likeness (QED) is 0.874. The highest BCUT2D eigenvalue weighted by Crippen LogP contribution is 2.20. The van der Waals surface area contributed by atoms with Crippen molar-refractivity contribution in [2.45, 2.75) is 18.6 Å². The van der Waals surface area contributed by atoms with Gasteiger partial charge in [-0.25, -0.2) is 0 Å². The molecular weight excluding hydrogens is 272 g/mol. The molecule has 2 heterocycles. The minimum Gasteiger partial charge on any atom is -0.394 e. The number of oxime groups is 1. The van der Waals surface area contributed by atoms with Crippen LogP contribution in [-0.2, 0) is 14.4 Å². The average molecular weight is 290 g/mol. The zero-order valence-corrected chi connectivity index (χ0v) is 11.6. The molecule has 0 saturated carbocycles. The fraction of sp³-hybridized carbons (Fsp3) is 0.467. The van der Waals surface area contributed by atoms with E-state index in [-0.39, 0.29) is 18.6 Å². The summed E-state index contributed by atoms with van der Waals surface area (Å²) in [5.41, 5.74) is 1.75. The molecule has 112 valence electrons. The minimum atomic E-state index is -0.604. The van der Waals surface area contributed by atoms with E-state index in [0.29, 0.717) is 26.2 Å². The Labute approximate surface area is 122 Å². The number of benzene rings is 1. The first kappa shape index (κ1) is 14.0. The summed E-state index contributed by atoms with van der Waals surface area (Å²) in [4.78, 5) is 19.4. The van der Waals surface area contributed by atoms with Crippen molar-refractivity contribution < 1.29 is 19.5 Å². The maximum absolute atomic E-state index is 12.5. The van der Waals surface area contributed by atoms with Gasteiger partial charge in [0, 0.05) is 13.0 Å². The van der Waals surface area contributed by atoms with Gasteiger partial charge in [0.05, 0.1) is 31.6 Å². The van der Waals surface area contributed by atoms with Crippen molar-refractivity contribution in [3.05, 3.63) is 35.9 Å². The second-order valence-corrected chi connectivity index (χ2v) is 5.15. The second-order valence-electron chi connectivity index (χ2n) is 5.15. The van der Waals surface area contributed by atoms with Gasteiger partial charge in [0.2, 0.25) is 6.10 Å². The molecule has 6 heteroatoms.